The zero-order valence-electron chi connectivity index (χ0n) is 11.8. The smallest absolute Gasteiger partial charge is 0.310 e. The van der Waals surface area contributed by atoms with Crippen molar-refractivity contribution in [3.05, 3.63) is 40.3 Å². The van der Waals surface area contributed by atoms with Gasteiger partial charge in [-0.15, -0.1) is 0 Å². The largest absolute Gasteiger partial charge is 0.469 e. The molecule has 1 aliphatic rings. The minimum absolute atomic E-state index is 0.102. The van der Waals surface area contributed by atoms with Gasteiger partial charge in [0.25, 0.3) is 5.56 Å². The highest BCUT2D eigenvalue weighted by Gasteiger charge is 2.29. The first kappa shape index (κ1) is 13.8. The number of hydrogen-bond acceptors (Lipinski definition) is 5. The first-order valence-electron chi connectivity index (χ1n) is 6.95. The van der Waals surface area contributed by atoms with E-state index in [1.807, 2.05) is 24.3 Å². The van der Waals surface area contributed by atoms with E-state index in [1.54, 1.807) is 0 Å². The number of fused-ring (bicyclic) bond motifs is 1. The molecule has 1 aliphatic heterocycles. The van der Waals surface area contributed by atoms with Crippen LogP contribution in [-0.4, -0.2) is 41.0 Å². The lowest BCUT2D eigenvalue weighted by atomic mass is 10.1. The van der Waals surface area contributed by atoms with E-state index in [1.165, 1.54) is 7.11 Å². The van der Waals surface area contributed by atoms with Gasteiger partial charge in [0.15, 0.2) is 0 Å². The lowest BCUT2D eigenvalue weighted by Gasteiger charge is -2.14. The van der Waals surface area contributed by atoms with Crippen LogP contribution in [-0.2, 0) is 16.1 Å². The van der Waals surface area contributed by atoms with Crippen LogP contribution in [0.4, 0.5) is 0 Å². The number of esters is 1. The summed E-state index contributed by atoms with van der Waals surface area (Å²) in [6.45, 7) is 1.84. The Morgan fingerprint density at radius 1 is 1.48 bits per heavy atom. The number of nitrogens with zero attached hydrogens (tertiary/aromatic N) is 2. The number of carbonyl (C=O) groups excluding carboxylic acids is 1. The summed E-state index contributed by atoms with van der Waals surface area (Å²) < 4.78 is 4.76. The lowest BCUT2D eigenvalue weighted by molar-refractivity contribution is -0.144. The predicted octanol–water partition coefficient (Wildman–Crippen LogP) is 0.918. The number of carbonyl (C=O) groups is 1. The van der Waals surface area contributed by atoms with Crippen molar-refractivity contribution in [2.24, 2.45) is 5.92 Å². The number of para-hydroxylation sites is 2. The minimum atomic E-state index is -0.183. The summed E-state index contributed by atoms with van der Waals surface area (Å²) in [5.74, 6) is -0.285. The van der Waals surface area contributed by atoms with Crippen molar-refractivity contribution in [3.8, 4) is 0 Å². The van der Waals surface area contributed by atoms with Gasteiger partial charge in [0, 0.05) is 13.1 Å². The molecular weight excluding hydrogens is 270 g/mol. The van der Waals surface area contributed by atoms with Crippen LogP contribution in [0.15, 0.2) is 29.1 Å². The third-order valence-electron chi connectivity index (χ3n) is 3.85. The molecular formula is C15H17N3O3. The Balaban J connectivity index is 1.78. The zero-order chi connectivity index (χ0) is 14.8. The molecule has 0 aliphatic carbocycles. The van der Waals surface area contributed by atoms with E-state index in [9.17, 15) is 9.59 Å². The van der Waals surface area contributed by atoms with Crippen LogP contribution in [0.1, 0.15) is 12.1 Å². The maximum atomic E-state index is 12.1. The van der Waals surface area contributed by atoms with Gasteiger partial charge in [0.05, 0.1) is 24.1 Å². The molecule has 1 atom stereocenters. The number of aromatic nitrogens is 2. The summed E-state index contributed by atoms with van der Waals surface area (Å²) in [5, 5.41) is 0. The van der Waals surface area contributed by atoms with Gasteiger partial charge in [0.2, 0.25) is 0 Å². The Labute approximate surface area is 121 Å². The second-order valence-corrected chi connectivity index (χ2v) is 5.27. The van der Waals surface area contributed by atoms with E-state index < -0.39 is 0 Å². The van der Waals surface area contributed by atoms with E-state index in [4.69, 9.17) is 4.74 Å². The molecule has 0 amide bonds. The van der Waals surface area contributed by atoms with Crippen molar-refractivity contribution in [3.63, 3.8) is 0 Å². The van der Waals surface area contributed by atoms with Gasteiger partial charge in [-0.25, -0.2) is 4.98 Å². The normalized spacial score (nSPS) is 19.0. The lowest BCUT2D eigenvalue weighted by Crippen LogP contribution is -2.27. The van der Waals surface area contributed by atoms with Gasteiger partial charge in [-0.3, -0.25) is 14.5 Å². The van der Waals surface area contributed by atoms with E-state index in [-0.39, 0.29) is 17.4 Å². The molecule has 21 heavy (non-hydrogen) atoms. The second-order valence-electron chi connectivity index (χ2n) is 5.27. The number of ether oxygens (including phenoxy) is 1. The van der Waals surface area contributed by atoms with Crippen LogP contribution in [0, 0.1) is 5.92 Å². The molecule has 110 valence electrons. The Bertz CT molecular complexity index is 725. The fourth-order valence-corrected chi connectivity index (χ4v) is 2.72. The van der Waals surface area contributed by atoms with Gasteiger partial charge in [0.1, 0.15) is 5.69 Å². The van der Waals surface area contributed by atoms with E-state index in [2.05, 4.69) is 14.9 Å². The number of rotatable bonds is 3. The molecule has 1 saturated heterocycles. The summed E-state index contributed by atoms with van der Waals surface area (Å²) >= 11 is 0. The van der Waals surface area contributed by atoms with E-state index in [0.29, 0.717) is 18.8 Å². The summed E-state index contributed by atoms with van der Waals surface area (Å²) in [4.78, 5) is 32.9. The molecule has 6 nitrogen and oxygen atoms in total. The zero-order valence-corrected chi connectivity index (χ0v) is 11.8. The standard InChI is InChI=1S/C15H17N3O3/c1-21-15(20)10-6-7-18(8-10)9-13-14(19)17-12-5-3-2-4-11(12)16-13/h2-5,10H,6-9H2,1H3,(H,17,19). The Kier molecular flexibility index (Phi) is 3.70. The monoisotopic (exact) mass is 287 g/mol. The minimum Gasteiger partial charge on any atom is -0.469 e. The SMILES string of the molecule is COC(=O)C1CCN(Cc2nc3ccccc3[nH]c2=O)C1. The van der Waals surface area contributed by atoms with Crippen molar-refractivity contribution < 1.29 is 9.53 Å². The van der Waals surface area contributed by atoms with Gasteiger partial charge in [-0.1, -0.05) is 12.1 Å². The summed E-state index contributed by atoms with van der Waals surface area (Å²) in [6, 6.07) is 7.45. The maximum Gasteiger partial charge on any atom is 0.310 e. The molecule has 0 spiro atoms. The quantitative estimate of drug-likeness (QED) is 0.850. The average Bonchev–Trinajstić information content (AvgIpc) is 2.96. The molecule has 1 unspecified atom stereocenters. The summed E-state index contributed by atoms with van der Waals surface area (Å²) in [5.41, 5.74) is 1.82. The van der Waals surface area contributed by atoms with E-state index >= 15 is 0 Å². The fraction of sp³-hybridized carbons (Fsp3) is 0.400. The van der Waals surface area contributed by atoms with Crippen molar-refractivity contribution in [1.29, 1.82) is 0 Å². The summed E-state index contributed by atoms with van der Waals surface area (Å²) in [6.07, 6.45) is 0.762. The number of H-pyrrole nitrogens is 1. The van der Waals surface area contributed by atoms with Crippen LogP contribution in [0.25, 0.3) is 11.0 Å². The Morgan fingerprint density at radius 2 is 2.29 bits per heavy atom. The molecule has 6 heteroatoms. The van der Waals surface area contributed by atoms with Crippen LogP contribution < -0.4 is 5.56 Å². The molecule has 1 aromatic heterocycles. The molecule has 2 aromatic rings. The molecule has 3 rings (SSSR count). The molecule has 1 N–H and O–H groups in total. The maximum absolute atomic E-state index is 12.1. The molecule has 0 radical (unpaired) electrons. The van der Waals surface area contributed by atoms with Gasteiger partial charge in [-0.05, 0) is 25.1 Å². The van der Waals surface area contributed by atoms with E-state index in [0.717, 1.165) is 24.0 Å². The summed E-state index contributed by atoms with van der Waals surface area (Å²) in [7, 11) is 1.40. The number of hydrogen-bond donors (Lipinski definition) is 1. The Hall–Kier alpha value is -2.21. The number of aromatic amines is 1. The van der Waals surface area contributed by atoms with Gasteiger partial charge >= 0.3 is 5.97 Å². The molecule has 0 bridgehead atoms. The van der Waals surface area contributed by atoms with Gasteiger partial charge < -0.3 is 9.72 Å². The van der Waals surface area contributed by atoms with Crippen LogP contribution in [0.5, 0.6) is 0 Å². The first-order chi connectivity index (χ1) is 10.2. The topological polar surface area (TPSA) is 75.3 Å². The first-order valence-corrected chi connectivity index (χ1v) is 6.95. The third-order valence-corrected chi connectivity index (χ3v) is 3.85. The molecule has 0 saturated carbocycles. The fourth-order valence-electron chi connectivity index (χ4n) is 2.72. The number of methoxy groups -OCH3 is 1. The molecule has 1 fully saturated rings. The predicted molar refractivity (Wildman–Crippen MR) is 77.8 cm³/mol. The third kappa shape index (κ3) is 2.80. The number of likely N-dealkylation sites (tertiary alicyclic amines) is 1. The Morgan fingerprint density at radius 3 is 3.10 bits per heavy atom. The highest BCUT2D eigenvalue weighted by Crippen LogP contribution is 2.18. The van der Waals surface area contributed by atoms with Crippen LogP contribution in [0.2, 0.25) is 0 Å². The molecule has 1 aromatic carbocycles. The average molecular weight is 287 g/mol. The number of nitrogens with one attached hydrogen (secondary N) is 1. The highest BCUT2D eigenvalue weighted by molar-refractivity contribution is 5.73. The van der Waals surface area contributed by atoms with Gasteiger partial charge in [-0.2, -0.15) is 0 Å². The second kappa shape index (κ2) is 5.65. The van der Waals surface area contributed by atoms with Crippen LogP contribution in [0.3, 0.4) is 0 Å². The van der Waals surface area contributed by atoms with Crippen molar-refractivity contribution >= 4 is 17.0 Å². The van der Waals surface area contributed by atoms with Crippen molar-refractivity contribution in [2.45, 2.75) is 13.0 Å². The highest BCUT2D eigenvalue weighted by atomic mass is 16.5. The number of benzene rings is 1. The van der Waals surface area contributed by atoms with Crippen LogP contribution >= 0.6 is 0 Å². The van der Waals surface area contributed by atoms with Crippen molar-refractivity contribution in [1.82, 2.24) is 14.9 Å². The molecule has 2 heterocycles. The van der Waals surface area contributed by atoms with Crippen molar-refractivity contribution in [2.75, 3.05) is 20.2 Å².